The molecule has 0 aliphatic rings. The summed E-state index contributed by atoms with van der Waals surface area (Å²) in [5.74, 6) is -0.0889. The van der Waals surface area contributed by atoms with Gasteiger partial charge in [-0.05, 0) is 12.5 Å². The van der Waals surface area contributed by atoms with Gasteiger partial charge >= 0.3 is 0 Å². The van der Waals surface area contributed by atoms with Crippen molar-refractivity contribution in [2.45, 2.75) is 12.1 Å². The van der Waals surface area contributed by atoms with E-state index in [9.17, 15) is 9.59 Å². The van der Waals surface area contributed by atoms with Gasteiger partial charge in [0, 0.05) is 21.4 Å². The molecule has 3 heterocycles. The van der Waals surface area contributed by atoms with E-state index in [-0.39, 0.29) is 17.2 Å². The van der Waals surface area contributed by atoms with Crippen LogP contribution in [0.25, 0.3) is 32.6 Å². The smallest absolute Gasteiger partial charge is 0.260 e. The van der Waals surface area contributed by atoms with Crippen molar-refractivity contribution in [1.29, 1.82) is 0 Å². The molecule has 0 aliphatic carbocycles. The molecule has 164 valence electrons. The number of nitrogens with one attached hydrogen (secondary N) is 2. The second kappa shape index (κ2) is 9.30. The molecule has 9 heteroatoms. The molecule has 5 rings (SSSR count). The molecule has 0 unspecified atom stereocenters. The van der Waals surface area contributed by atoms with Gasteiger partial charge in [0.15, 0.2) is 10.3 Å². The Hall–Kier alpha value is -3.27. The summed E-state index contributed by atoms with van der Waals surface area (Å²) < 4.78 is 0. The molecule has 0 saturated heterocycles. The lowest BCUT2D eigenvalue weighted by Gasteiger charge is -2.03. The van der Waals surface area contributed by atoms with Crippen LogP contribution in [0, 0.1) is 6.92 Å². The molecule has 3 aromatic heterocycles. The number of amides is 1. The van der Waals surface area contributed by atoms with Gasteiger partial charge in [0.05, 0.1) is 16.8 Å². The van der Waals surface area contributed by atoms with Gasteiger partial charge in [-0.15, -0.1) is 22.7 Å². The van der Waals surface area contributed by atoms with Crippen LogP contribution < -0.4 is 10.9 Å². The minimum atomic E-state index is -0.205. The third kappa shape index (κ3) is 4.61. The molecule has 0 fully saturated rings. The third-order valence-electron chi connectivity index (χ3n) is 4.94. The topological polar surface area (TPSA) is 87.7 Å². The fourth-order valence-electron chi connectivity index (χ4n) is 3.48. The number of hydrogen-bond acceptors (Lipinski definition) is 7. The number of H-pyrrole nitrogens is 1. The van der Waals surface area contributed by atoms with Crippen LogP contribution in [-0.2, 0) is 4.79 Å². The van der Waals surface area contributed by atoms with E-state index in [0.29, 0.717) is 20.5 Å². The lowest BCUT2D eigenvalue weighted by Crippen LogP contribution is -2.15. The molecule has 0 aliphatic heterocycles. The quantitative estimate of drug-likeness (QED) is 0.231. The summed E-state index contributed by atoms with van der Waals surface area (Å²) in [7, 11) is 0. The maximum Gasteiger partial charge on any atom is 0.260 e. The molecule has 0 saturated carbocycles. The van der Waals surface area contributed by atoms with Crippen LogP contribution in [0.4, 0.5) is 5.13 Å². The van der Waals surface area contributed by atoms with Gasteiger partial charge < -0.3 is 10.3 Å². The zero-order valence-electron chi connectivity index (χ0n) is 17.5. The highest BCUT2D eigenvalue weighted by molar-refractivity contribution is 7.99. The molecule has 33 heavy (non-hydrogen) atoms. The number of thiazole rings is 1. The maximum atomic E-state index is 12.9. The Bertz CT molecular complexity index is 1490. The van der Waals surface area contributed by atoms with Crippen molar-refractivity contribution in [3.05, 3.63) is 81.3 Å². The minimum Gasteiger partial charge on any atom is -0.301 e. The third-order valence-corrected chi connectivity index (χ3v) is 7.57. The number of fused-ring (bicyclic) bond motifs is 1. The second-order valence-corrected chi connectivity index (χ2v) is 10.2. The number of thioether (sulfide) groups is 1. The van der Waals surface area contributed by atoms with Gasteiger partial charge in [0.2, 0.25) is 5.91 Å². The van der Waals surface area contributed by atoms with Crippen LogP contribution in [0.3, 0.4) is 0 Å². The number of thiophene rings is 1. The number of rotatable bonds is 6. The minimum absolute atomic E-state index is 0.116. The number of carbonyl (C=O) groups is 1. The number of nitrogens with zero attached hydrogens (tertiary/aromatic N) is 2. The summed E-state index contributed by atoms with van der Waals surface area (Å²) in [6.07, 6.45) is 0. The maximum absolute atomic E-state index is 12.9. The predicted molar refractivity (Wildman–Crippen MR) is 137 cm³/mol. The van der Waals surface area contributed by atoms with Crippen molar-refractivity contribution in [2.75, 3.05) is 11.1 Å². The predicted octanol–water partition coefficient (Wildman–Crippen LogP) is 5.81. The number of anilines is 1. The molecule has 6 nitrogen and oxygen atoms in total. The number of aromatic amines is 1. The lowest BCUT2D eigenvalue weighted by molar-refractivity contribution is -0.113. The summed E-state index contributed by atoms with van der Waals surface area (Å²) in [6, 6.07) is 19.6. The van der Waals surface area contributed by atoms with E-state index in [1.165, 1.54) is 34.4 Å². The van der Waals surface area contributed by atoms with Crippen LogP contribution in [-0.4, -0.2) is 26.6 Å². The lowest BCUT2D eigenvalue weighted by atomic mass is 10.0. The van der Waals surface area contributed by atoms with E-state index in [4.69, 9.17) is 0 Å². The first-order valence-corrected chi connectivity index (χ1v) is 12.8. The van der Waals surface area contributed by atoms with E-state index in [1.54, 1.807) is 0 Å². The molecule has 0 bridgehead atoms. The molecule has 5 aromatic rings. The summed E-state index contributed by atoms with van der Waals surface area (Å²) in [6.45, 7) is 1.99. The van der Waals surface area contributed by atoms with Gasteiger partial charge in [-0.25, -0.2) is 9.97 Å². The van der Waals surface area contributed by atoms with E-state index < -0.39 is 0 Å². The molecular weight excluding hydrogens is 472 g/mol. The van der Waals surface area contributed by atoms with Gasteiger partial charge in [0.1, 0.15) is 4.83 Å². The molecule has 2 aromatic carbocycles. The number of aryl methyl sites for hydroxylation is 1. The van der Waals surface area contributed by atoms with E-state index >= 15 is 0 Å². The molecule has 0 atom stereocenters. The normalized spacial score (nSPS) is 11.1. The Labute approximate surface area is 201 Å². The summed E-state index contributed by atoms with van der Waals surface area (Å²) >= 11 is 4.06. The van der Waals surface area contributed by atoms with Gasteiger partial charge in [0.25, 0.3) is 5.56 Å². The Morgan fingerprint density at radius 3 is 2.45 bits per heavy atom. The van der Waals surface area contributed by atoms with E-state index in [0.717, 1.165) is 27.3 Å². The number of carbonyl (C=O) groups excluding carboxylic acids is 1. The summed E-state index contributed by atoms with van der Waals surface area (Å²) in [5.41, 5.74) is 3.53. The average molecular weight is 491 g/mol. The van der Waals surface area contributed by atoms with Gasteiger partial charge in [-0.2, -0.15) is 0 Å². The van der Waals surface area contributed by atoms with Crippen LogP contribution in [0.15, 0.2) is 76.0 Å². The van der Waals surface area contributed by atoms with Crippen molar-refractivity contribution in [1.82, 2.24) is 15.0 Å². The largest absolute Gasteiger partial charge is 0.301 e. The molecule has 1 amide bonds. The Kier molecular flexibility index (Phi) is 6.08. The standard InChI is InChI=1S/C24H18N4O2S3/c1-14-19(16-10-6-3-7-11-16)20-21(30)27-24(28-22(20)33-14)32-13-18(29)26-23-25-17(12-31-23)15-8-4-2-5-9-15/h2-12H,13H2,1H3,(H,25,26,29)(H,27,28,30). The Morgan fingerprint density at radius 2 is 1.73 bits per heavy atom. The van der Waals surface area contributed by atoms with Gasteiger partial charge in [-0.1, -0.05) is 72.4 Å². The van der Waals surface area contributed by atoms with Crippen LogP contribution >= 0.6 is 34.4 Å². The van der Waals surface area contributed by atoms with Gasteiger partial charge in [-0.3, -0.25) is 9.59 Å². The van der Waals surface area contributed by atoms with Crippen molar-refractivity contribution in [2.24, 2.45) is 0 Å². The fourth-order valence-corrected chi connectivity index (χ4v) is 5.98. The van der Waals surface area contributed by atoms with Crippen molar-refractivity contribution in [3.63, 3.8) is 0 Å². The Morgan fingerprint density at radius 1 is 1.03 bits per heavy atom. The second-order valence-electron chi connectivity index (χ2n) is 7.19. The first kappa shape index (κ1) is 21.6. The van der Waals surface area contributed by atoms with E-state index in [1.807, 2.05) is 73.0 Å². The summed E-state index contributed by atoms with van der Waals surface area (Å²) in [5, 5.41) is 6.29. The highest BCUT2D eigenvalue weighted by atomic mass is 32.2. The zero-order valence-corrected chi connectivity index (χ0v) is 19.9. The summed E-state index contributed by atoms with van der Waals surface area (Å²) in [4.78, 5) is 38.9. The average Bonchev–Trinajstić information content (AvgIpc) is 3.43. The Balaban J connectivity index is 1.30. The van der Waals surface area contributed by atoms with E-state index in [2.05, 4.69) is 20.3 Å². The number of hydrogen-bond donors (Lipinski definition) is 2. The van der Waals surface area contributed by atoms with Crippen LogP contribution in [0.5, 0.6) is 0 Å². The molecule has 0 radical (unpaired) electrons. The van der Waals surface area contributed by atoms with Crippen LogP contribution in [0.2, 0.25) is 0 Å². The first-order valence-electron chi connectivity index (χ1n) is 10.1. The van der Waals surface area contributed by atoms with Crippen molar-refractivity contribution in [3.8, 4) is 22.4 Å². The molecular formula is C24H18N4O2S3. The fraction of sp³-hybridized carbons (Fsp3) is 0.0833. The highest BCUT2D eigenvalue weighted by Gasteiger charge is 2.17. The molecule has 0 spiro atoms. The monoisotopic (exact) mass is 490 g/mol. The first-order chi connectivity index (χ1) is 16.1. The SMILES string of the molecule is Cc1sc2nc(SCC(=O)Nc3nc(-c4ccccc4)cs3)[nH]c(=O)c2c1-c1ccccc1. The molecule has 2 N–H and O–H groups in total. The highest BCUT2D eigenvalue weighted by Crippen LogP contribution is 2.36. The van der Waals surface area contributed by atoms with Crippen LogP contribution in [0.1, 0.15) is 4.88 Å². The zero-order chi connectivity index (χ0) is 22.8. The number of aromatic nitrogens is 3. The number of benzene rings is 2. The van der Waals surface area contributed by atoms with Crippen molar-refractivity contribution >= 4 is 55.7 Å². The van der Waals surface area contributed by atoms with Crippen molar-refractivity contribution < 1.29 is 4.79 Å².